The molecule has 1 aromatic heterocycles. The van der Waals surface area contributed by atoms with Crippen molar-refractivity contribution >= 4 is 27.9 Å². The zero-order valence-corrected chi connectivity index (χ0v) is 16.4. The van der Waals surface area contributed by atoms with Crippen molar-refractivity contribution in [2.75, 3.05) is 14.2 Å². The summed E-state index contributed by atoms with van der Waals surface area (Å²) in [6.07, 6.45) is 0. The number of aromatic hydroxyl groups is 1. The second-order valence-electron chi connectivity index (χ2n) is 5.56. The third-order valence-electron chi connectivity index (χ3n) is 3.98. The van der Waals surface area contributed by atoms with Crippen molar-refractivity contribution in [3.8, 4) is 22.7 Å². The summed E-state index contributed by atoms with van der Waals surface area (Å²) < 4.78 is 24.4. The van der Waals surface area contributed by atoms with Gasteiger partial charge in [-0.05, 0) is 40.2 Å². The van der Waals surface area contributed by atoms with Gasteiger partial charge in [0.15, 0.2) is 5.69 Å². The highest BCUT2D eigenvalue weighted by Crippen LogP contribution is 2.39. The van der Waals surface area contributed by atoms with E-state index in [9.17, 15) is 19.1 Å². The Bertz CT molecular complexity index is 1070. The molecule has 0 aliphatic heterocycles. The molecule has 28 heavy (non-hydrogen) atoms. The van der Waals surface area contributed by atoms with Crippen LogP contribution in [0.2, 0.25) is 0 Å². The van der Waals surface area contributed by atoms with Crippen LogP contribution in [0.5, 0.6) is 5.75 Å². The number of ether oxygens (including phenoxy) is 2. The van der Waals surface area contributed by atoms with E-state index in [0.29, 0.717) is 5.69 Å². The molecule has 0 spiro atoms. The van der Waals surface area contributed by atoms with Crippen LogP contribution in [0, 0.1) is 5.82 Å². The lowest BCUT2D eigenvalue weighted by Gasteiger charge is -2.07. The fourth-order valence-electron chi connectivity index (χ4n) is 2.67. The molecule has 9 heteroatoms. The molecule has 0 amide bonds. The van der Waals surface area contributed by atoms with Crippen molar-refractivity contribution in [1.82, 2.24) is 9.78 Å². The first-order valence-electron chi connectivity index (χ1n) is 7.93. The first-order chi connectivity index (χ1) is 13.4. The van der Waals surface area contributed by atoms with Gasteiger partial charge >= 0.3 is 11.9 Å². The van der Waals surface area contributed by atoms with E-state index >= 15 is 0 Å². The number of nitrogens with zero attached hydrogens (tertiary/aromatic N) is 2. The maximum atomic E-state index is 13.7. The molecule has 1 heterocycles. The Kier molecular flexibility index (Phi) is 5.46. The number of para-hydroxylation sites is 1. The van der Waals surface area contributed by atoms with Crippen molar-refractivity contribution < 1.29 is 28.6 Å². The molecule has 2 aromatic carbocycles. The van der Waals surface area contributed by atoms with Gasteiger partial charge in [0.1, 0.15) is 22.8 Å². The lowest BCUT2D eigenvalue weighted by atomic mass is 10.0. The standard InChI is InChI=1S/C19H14BrFN2O5/c1-27-18(25)13-15(11-8-9-12(21)14(20)17(11)24)22-23(16(13)19(26)28-2)10-6-4-3-5-7-10/h3-9,24H,1-2H3. The molecule has 0 saturated heterocycles. The van der Waals surface area contributed by atoms with Crippen molar-refractivity contribution in [2.24, 2.45) is 0 Å². The zero-order valence-electron chi connectivity index (χ0n) is 14.8. The molecule has 0 atom stereocenters. The molecule has 0 saturated carbocycles. The van der Waals surface area contributed by atoms with Gasteiger partial charge in [-0.25, -0.2) is 18.7 Å². The Labute approximate surface area is 167 Å². The average molecular weight is 449 g/mol. The summed E-state index contributed by atoms with van der Waals surface area (Å²) in [7, 11) is 2.31. The minimum absolute atomic E-state index is 0.0357. The average Bonchev–Trinajstić information content (AvgIpc) is 3.12. The van der Waals surface area contributed by atoms with Crippen LogP contribution < -0.4 is 0 Å². The molecule has 7 nitrogen and oxygen atoms in total. The molecule has 3 rings (SSSR count). The van der Waals surface area contributed by atoms with Gasteiger partial charge in [-0.15, -0.1) is 0 Å². The number of aromatic nitrogens is 2. The fraction of sp³-hybridized carbons (Fsp3) is 0.105. The van der Waals surface area contributed by atoms with E-state index in [0.717, 1.165) is 20.3 Å². The van der Waals surface area contributed by atoms with Crippen molar-refractivity contribution in [1.29, 1.82) is 0 Å². The van der Waals surface area contributed by atoms with Crippen LogP contribution in [0.4, 0.5) is 4.39 Å². The summed E-state index contributed by atoms with van der Waals surface area (Å²) in [5.41, 5.74) is 0.0465. The van der Waals surface area contributed by atoms with Gasteiger partial charge < -0.3 is 14.6 Å². The van der Waals surface area contributed by atoms with Gasteiger partial charge in [-0.2, -0.15) is 5.10 Å². The smallest absolute Gasteiger partial charge is 0.357 e. The molecular formula is C19H14BrFN2O5. The van der Waals surface area contributed by atoms with Gasteiger partial charge in [0.25, 0.3) is 0 Å². The Morgan fingerprint density at radius 3 is 2.32 bits per heavy atom. The van der Waals surface area contributed by atoms with E-state index in [1.807, 2.05) is 0 Å². The highest BCUT2D eigenvalue weighted by atomic mass is 79.9. The quantitative estimate of drug-likeness (QED) is 0.611. The lowest BCUT2D eigenvalue weighted by molar-refractivity contribution is 0.0549. The van der Waals surface area contributed by atoms with Gasteiger partial charge in [0.05, 0.1) is 24.4 Å². The number of methoxy groups -OCH3 is 2. The number of hydrogen-bond acceptors (Lipinski definition) is 6. The maximum Gasteiger partial charge on any atom is 0.357 e. The highest BCUT2D eigenvalue weighted by Gasteiger charge is 2.32. The Morgan fingerprint density at radius 1 is 1.07 bits per heavy atom. The van der Waals surface area contributed by atoms with E-state index in [-0.39, 0.29) is 27.0 Å². The van der Waals surface area contributed by atoms with E-state index in [1.54, 1.807) is 30.3 Å². The van der Waals surface area contributed by atoms with Crippen LogP contribution in [-0.4, -0.2) is 41.0 Å². The number of carbonyl (C=O) groups is 2. The van der Waals surface area contributed by atoms with E-state index in [4.69, 9.17) is 9.47 Å². The first-order valence-corrected chi connectivity index (χ1v) is 8.72. The summed E-state index contributed by atoms with van der Waals surface area (Å²) >= 11 is 2.95. The largest absolute Gasteiger partial charge is 0.506 e. The number of halogens is 2. The van der Waals surface area contributed by atoms with Crippen LogP contribution in [0.1, 0.15) is 20.8 Å². The number of benzene rings is 2. The number of phenolic OH excluding ortho intramolecular Hbond substituents is 1. The van der Waals surface area contributed by atoms with Gasteiger partial charge in [-0.3, -0.25) is 0 Å². The summed E-state index contributed by atoms with van der Waals surface area (Å²) in [5, 5.41) is 14.7. The molecule has 0 radical (unpaired) electrons. The molecule has 0 unspecified atom stereocenters. The molecule has 1 N–H and O–H groups in total. The summed E-state index contributed by atoms with van der Waals surface area (Å²) in [4.78, 5) is 25.0. The minimum Gasteiger partial charge on any atom is -0.506 e. The molecular weight excluding hydrogens is 435 g/mol. The van der Waals surface area contributed by atoms with Crippen molar-refractivity contribution in [3.05, 3.63) is 64.0 Å². The van der Waals surface area contributed by atoms with Crippen LogP contribution in [0.15, 0.2) is 46.9 Å². The van der Waals surface area contributed by atoms with Crippen LogP contribution in [0.25, 0.3) is 16.9 Å². The Morgan fingerprint density at radius 2 is 1.71 bits per heavy atom. The Hall–Kier alpha value is -3.20. The number of carbonyl (C=O) groups excluding carboxylic acids is 2. The fourth-order valence-corrected chi connectivity index (χ4v) is 3.02. The monoisotopic (exact) mass is 448 g/mol. The highest BCUT2D eigenvalue weighted by molar-refractivity contribution is 9.10. The van der Waals surface area contributed by atoms with Crippen LogP contribution >= 0.6 is 15.9 Å². The van der Waals surface area contributed by atoms with E-state index in [2.05, 4.69) is 21.0 Å². The first kappa shape index (κ1) is 19.6. The second kappa shape index (κ2) is 7.81. The SMILES string of the molecule is COC(=O)c1c(-c2ccc(F)c(Br)c2O)nn(-c2ccccc2)c1C(=O)OC. The molecule has 0 aliphatic carbocycles. The zero-order chi connectivity index (χ0) is 20.4. The molecule has 0 bridgehead atoms. The molecule has 0 aliphatic rings. The number of hydrogen-bond donors (Lipinski definition) is 1. The molecule has 0 fully saturated rings. The second-order valence-corrected chi connectivity index (χ2v) is 6.35. The summed E-state index contributed by atoms with van der Waals surface area (Å²) in [6, 6.07) is 10.9. The number of phenols is 1. The third kappa shape index (κ3) is 3.24. The topological polar surface area (TPSA) is 90.6 Å². The van der Waals surface area contributed by atoms with Crippen LogP contribution in [-0.2, 0) is 9.47 Å². The van der Waals surface area contributed by atoms with E-state index < -0.39 is 23.5 Å². The number of esters is 2. The maximum absolute atomic E-state index is 13.7. The van der Waals surface area contributed by atoms with Crippen molar-refractivity contribution in [3.63, 3.8) is 0 Å². The van der Waals surface area contributed by atoms with Crippen molar-refractivity contribution in [2.45, 2.75) is 0 Å². The third-order valence-corrected chi connectivity index (χ3v) is 4.73. The summed E-state index contributed by atoms with van der Waals surface area (Å²) in [6.45, 7) is 0. The van der Waals surface area contributed by atoms with E-state index in [1.165, 1.54) is 10.7 Å². The molecule has 144 valence electrons. The minimum atomic E-state index is -0.863. The Balaban J connectivity index is 2.41. The van der Waals surface area contributed by atoms with Gasteiger partial charge in [0.2, 0.25) is 0 Å². The summed E-state index contributed by atoms with van der Waals surface area (Å²) in [5.74, 6) is -2.86. The molecule has 3 aromatic rings. The lowest BCUT2D eigenvalue weighted by Crippen LogP contribution is -2.15. The van der Waals surface area contributed by atoms with Gasteiger partial charge in [0, 0.05) is 5.56 Å². The predicted molar refractivity (Wildman–Crippen MR) is 101 cm³/mol. The van der Waals surface area contributed by atoms with Gasteiger partial charge in [-0.1, -0.05) is 18.2 Å². The predicted octanol–water partition coefficient (Wildman–Crippen LogP) is 3.72. The normalized spacial score (nSPS) is 10.6. The number of rotatable bonds is 4. The van der Waals surface area contributed by atoms with Crippen LogP contribution in [0.3, 0.4) is 0 Å².